The number of hydrogen-bond donors (Lipinski definition) is 0. The fraction of sp³-hybridized carbons (Fsp3) is 0.800. The zero-order valence-electron chi connectivity index (χ0n) is 14.8. The Morgan fingerprint density at radius 3 is 1.65 bits per heavy atom. The van der Waals surface area contributed by atoms with E-state index < -0.39 is 24.6 Å². The second-order valence-electron chi connectivity index (χ2n) is 5.44. The van der Waals surface area contributed by atoms with Crippen LogP contribution in [0.25, 0.3) is 0 Å². The minimum atomic E-state index is -0.856. The smallest absolute Gasteiger partial charge is 0.320 e. The van der Waals surface area contributed by atoms with Gasteiger partial charge in [0.1, 0.15) is 12.2 Å². The molecule has 134 valence electrons. The SMILES string of the molecule is CC(=O)CC(=O)OC(=O)CC(OC(C)C)OC(C)C.C[CH2][AlH2].[AlH3]. The molecule has 0 bridgehead atoms. The lowest BCUT2D eigenvalue weighted by Crippen LogP contribution is -2.29. The van der Waals surface area contributed by atoms with Crippen molar-refractivity contribution < 1.29 is 28.6 Å². The van der Waals surface area contributed by atoms with Gasteiger partial charge in [0.05, 0.1) is 18.6 Å². The van der Waals surface area contributed by atoms with Crippen molar-refractivity contribution in [2.45, 2.75) is 78.2 Å². The number of carbonyl (C=O) groups excluding carboxylic acids is 3. The topological polar surface area (TPSA) is 78.9 Å². The summed E-state index contributed by atoms with van der Waals surface area (Å²) in [6.45, 7) is 10.7. The van der Waals surface area contributed by atoms with E-state index >= 15 is 0 Å². The van der Waals surface area contributed by atoms with Gasteiger partial charge in [-0.2, -0.15) is 0 Å². The van der Waals surface area contributed by atoms with Gasteiger partial charge in [-0.3, -0.25) is 14.4 Å². The van der Waals surface area contributed by atoms with Gasteiger partial charge in [0, 0.05) is 0 Å². The monoisotopic (exact) mass is 362 g/mol. The molecule has 0 aromatic heterocycles. The first-order valence-corrected chi connectivity index (χ1v) is 9.07. The maximum atomic E-state index is 11.5. The summed E-state index contributed by atoms with van der Waals surface area (Å²) in [5.41, 5.74) is 0. The van der Waals surface area contributed by atoms with Crippen molar-refractivity contribution >= 4 is 51.4 Å². The van der Waals surface area contributed by atoms with Crippen molar-refractivity contribution in [3.05, 3.63) is 0 Å². The molecule has 0 spiro atoms. The molecule has 8 heteroatoms. The van der Waals surface area contributed by atoms with Crippen LogP contribution in [-0.4, -0.2) is 69.9 Å². The third-order valence-electron chi connectivity index (χ3n) is 1.80. The van der Waals surface area contributed by atoms with Crippen LogP contribution in [0.4, 0.5) is 0 Å². The fourth-order valence-corrected chi connectivity index (χ4v) is 1.28. The summed E-state index contributed by atoms with van der Waals surface area (Å²) in [6, 6.07) is 0. The van der Waals surface area contributed by atoms with E-state index in [1.807, 2.05) is 27.7 Å². The molecule has 0 aromatic carbocycles. The minimum Gasteiger partial charge on any atom is -0.393 e. The number of rotatable bonds is 8. The Labute approximate surface area is 158 Å². The molecule has 0 amide bonds. The average molecular weight is 362 g/mol. The van der Waals surface area contributed by atoms with Crippen LogP contribution in [0, 0.1) is 0 Å². The van der Waals surface area contributed by atoms with E-state index in [9.17, 15) is 14.4 Å². The number of esters is 2. The summed E-state index contributed by atoms with van der Waals surface area (Å²) in [7, 11) is 0. The Morgan fingerprint density at radius 1 is 0.957 bits per heavy atom. The highest BCUT2D eigenvalue weighted by molar-refractivity contribution is 6.08. The maximum absolute atomic E-state index is 11.5. The van der Waals surface area contributed by atoms with Gasteiger partial charge in [-0.25, -0.2) is 0 Å². The molecule has 0 aliphatic rings. The molecular formula is C15H32Al2O6. The lowest BCUT2D eigenvalue weighted by molar-refractivity contribution is -0.194. The van der Waals surface area contributed by atoms with Crippen LogP contribution in [0.3, 0.4) is 0 Å². The molecule has 0 atom stereocenters. The van der Waals surface area contributed by atoms with E-state index in [2.05, 4.69) is 11.7 Å². The largest absolute Gasteiger partial charge is 0.393 e. The van der Waals surface area contributed by atoms with Crippen LogP contribution in [-0.2, 0) is 28.6 Å². The van der Waals surface area contributed by atoms with Crippen molar-refractivity contribution in [3.8, 4) is 0 Å². The molecular weight excluding hydrogens is 330 g/mol. The summed E-state index contributed by atoms with van der Waals surface area (Å²) < 4.78 is 15.3. The number of hydrogen-bond acceptors (Lipinski definition) is 6. The molecule has 0 fully saturated rings. The van der Waals surface area contributed by atoms with Crippen LogP contribution in [0.1, 0.15) is 54.4 Å². The zero-order valence-corrected chi connectivity index (χ0v) is 16.8. The molecule has 0 radical (unpaired) electrons. The summed E-state index contributed by atoms with van der Waals surface area (Å²) in [4.78, 5) is 33.3. The first-order valence-electron chi connectivity index (χ1n) is 7.66. The van der Waals surface area contributed by atoms with Gasteiger partial charge in [0.15, 0.2) is 23.7 Å². The fourth-order valence-electron chi connectivity index (χ4n) is 1.28. The van der Waals surface area contributed by atoms with Crippen molar-refractivity contribution in [1.29, 1.82) is 0 Å². The van der Waals surface area contributed by atoms with Crippen LogP contribution in [0.2, 0.25) is 5.28 Å². The lowest BCUT2D eigenvalue weighted by Gasteiger charge is -2.22. The molecule has 0 rings (SSSR count). The molecule has 0 aromatic rings. The van der Waals surface area contributed by atoms with Crippen molar-refractivity contribution in [2.24, 2.45) is 0 Å². The zero-order chi connectivity index (χ0) is 17.7. The molecule has 0 heterocycles. The van der Waals surface area contributed by atoms with E-state index in [1.54, 1.807) is 0 Å². The Morgan fingerprint density at radius 2 is 1.35 bits per heavy atom. The Bertz CT molecular complexity index is 335. The molecule has 0 saturated carbocycles. The molecule has 6 nitrogen and oxygen atoms in total. The van der Waals surface area contributed by atoms with Gasteiger partial charge in [0.2, 0.25) is 16.3 Å². The van der Waals surface area contributed by atoms with Crippen LogP contribution >= 0.6 is 0 Å². The van der Waals surface area contributed by atoms with E-state index in [1.165, 1.54) is 28.5 Å². The second-order valence-corrected chi connectivity index (χ2v) is 6.85. The first-order chi connectivity index (χ1) is 10.1. The third-order valence-corrected chi connectivity index (χ3v) is 1.80. The first kappa shape index (κ1) is 27.6. The van der Waals surface area contributed by atoms with E-state index in [0.29, 0.717) is 0 Å². The predicted molar refractivity (Wildman–Crippen MR) is 96.2 cm³/mol. The summed E-state index contributed by atoms with van der Waals surface area (Å²) in [5.74, 6) is -1.98. The molecule has 0 N–H and O–H groups in total. The Balaban J connectivity index is -0.000000920. The highest BCUT2D eigenvalue weighted by atomic mass is 27.0. The normalized spacial score (nSPS) is 9.96. The van der Waals surface area contributed by atoms with E-state index in [-0.39, 0.29) is 41.8 Å². The van der Waals surface area contributed by atoms with Crippen LogP contribution in [0.15, 0.2) is 0 Å². The second kappa shape index (κ2) is 16.6. The molecule has 23 heavy (non-hydrogen) atoms. The van der Waals surface area contributed by atoms with Crippen molar-refractivity contribution in [2.75, 3.05) is 0 Å². The molecule has 0 aliphatic heterocycles. The van der Waals surface area contributed by atoms with Gasteiger partial charge >= 0.3 is 11.9 Å². The van der Waals surface area contributed by atoms with E-state index in [4.69, 9.17) is 9.47 Å². The number of Topliss-reactive ketones (excluding diaryl/α,β-unsaturated/α-hetero) is 1. The number of ether oxygens (including phenoxy) is 3. The molecule has 0 aliphatic carbocycles. The molecule has 0 unspecified atom stereocenters. The summed E-state index contributed by atoms with van der Waals surface area (Å²) in [6.07, 6.45) is -1.61. The predicted octanol–water partition coefficient (Wildman–Crippen LogP) is 0.475. The lowest BCUT2D eigenvalue weighted by atomic mass is 10.3. The quantitative estimate of drug-likeness (QED) is 0.270. The third kappa shape index (κ3) is 21.8. The van der Waals surface area contributed by atoms with Gasteiger partial charge in [-0.1, -0.05) is 6.92 Å². The van der Waals surface area contributed by atoms with Crippen LogP contribution in [0.5, 0.6) is 0 Å². The highest BCUT2D eigenvalue weighted by Crippen LogP contribution is 2.09. The van der Waals surface area contributed by atoms with Gasteiger partial charge in [0.25, 0.3) is 0 Å². The number of carbonyl (C=O) groups is 3. The maximum Gasteiger partial charge on any atom is 0.320 e. The average Bonchev–Trinajstić information content (AvgIpc) is 2.25. The van der Waals surface area contributed by atoms with Crippen molar-refractivity contribution in [1.82, 2.24) is 0 Å². The van der Waals surface area contributed by atoms with Crippen molar-refractivity contribution in [3.63, 3.8) is 0 Å². The van der Waals surface area contributed by atoms with Gasteiger partial charge < -0.3 is 14.2 Å². The highest BCUT2D eigenvalue weighted by Gasteiger charge is 2.21. The van der Waals surface area contributed by atoms with E-state index in [0.717, 1.165) is 0 Å². The summed E-state index contributed by atoms with van der Waals surface area (Å²) >= 11 is 1.37. The van der Waals surface area contributed by atoms with Gasteiger partial charge in [-0.15, -0.1) is 5.28 Å². The van der Waals surface area contributed by atoms with Crippen LogP contribution < -0.4 is 0 Å². The molecule has 0 saturated heterocycles. The summed E-state index contributed by atoms with van der Waals surface area (Å²) in [5, 5.41) is 1.39. The standard InChI is InChI=1S/C13H22O6.C2H5.2Al.5H/c1-8(2)17-13(18-9(3)4)7-12(16)19-11(15)6-10(5)14;1-2;;;;;;;/h8-9,13H,6-7H2,1-5H3;1H2,2H3;;;;;;;. The minimum absolute atomic E-state index is 0. The number of ketones is 1. The van der Waals surface area contributed by atoms with Gasteiger partial charge in [-0.05, 0) is 34.6 Å². The Kier molecular flexibility index (Phi) is 20.0. The Hall–Kier alpha value is -0.205.